The Labute approximate surface area is 83.1 Å². The Hall–Kier alpha value is -0.0800. The van der Waals surface area contributed by atoms with E-state index in [1.54, 1.807) is 0 Å². The predicted octanol–water partition coefficient (Wildman–Crippen LogP) is 2.41. The lowest BCUT2D eigenvalue weighted by Gasteiger charge is -2.09. The fraction of sp³-hybridized carbons (Fsp3) is 1.00. The summed E-state index contributed by atoms with van der Waals surface area (Å²) in [6.07, 6.45) is 10.2. The van der Waals surface area contributed by atoms with Crippen molar-refractivity contribution in [1.29, 1.82) is 0 Å². The Balaban J connectivity index is 2.97. The number of hydrogen-bond donors (Lipinski definition) is 2. The quantitative estimate of drug-likeness (QED) is 0.543. The lowest BCUT2D eigenvalue weighted by molar-refractivity contribution is 0.516. The smallest absolute Gasteiger partial charge is 0.00508 e. The number of rotatable bonds is 9. The standard InChI is InChI=1S/C11H26N2/c1-2-3-4-5-6-7-8-11(13)9-10-12/h11H,2-10,12-13H2,1H3. The van der Waals surface area contributed by atoms with Crippen LogP contribution in [0.4, 0.5) is 0 Å². The van der Waals surface area contributed by atoms with Crippen LogP contribution in [0.2, 0.25) is 0 Å². The lowest BCUT2D eigenvalue weighted by atomic mass is 10.0. The van der Waals surface area contributed by atoms with Crippen LogP contribution >= 0.6 is 0 Å². The Morgan fingerprint density at radius 1 is 0.923 bits per heavy atom. The highest BCUT2D eigenvalue weighted by Gasteiger charge is 1.99. The molecule has 0 aliphatic rings. The van der Waals surface area contributed by atoms with Crippen LogP contribution in [0.5, 0.6) is 0 Å². The summed E-state index contributed by atoms with van der Waals surface area (Å²) in [4.78, 5) is 0. The summed E-state index contributed by atoms with van der Waals surface area (Å²) >= 11 is 0. The second-order valence-corrected chi connectivity index (χ2v) is 3.89. The molecular formula is C11H26N2. The first-order valence-electron chi connectivity index (χ1n) is 5.77. The van der Waals surface area contributed by atoms with E-state index in [0.29, 0.717) is 6.04 Å². The van der Waals surface area contributed by atoms with Gasteiger partial charge in [-0.25, -0.2) is 0 Å². The highest BCUT2D eigenvalue weighted by atomic mass is 14.6. The average Bonchev–Trinajstić information content (AvgIpc) is 2.11. The molecule has 0 spiro atoms. The second kappa shape index (κ2) is 10.0. The maximum absolute atomic E-state index is 5.85. The minimum Gasteiger partial charge on any atom is -0.330 e. The molecule has 1 atom stereocenters. The van der Waals surface area contributed by atoms with Crippen LogP contribution in [-0.2, 0) is 0 Å². The van der Waals surface area contributed by atoms with Gasteiger partial charge in [-0.05, 0) is 19.4 Å². The Bertz CT molecular complexity index is 94.1. The fourth-order valence-corrected chi connectivity index (χ4v) is 1.55. The molecule has 80 valence electrons. The van der Waals surface area contributed by atoms with Gasteiger partial charge in [-0.15, -0.1) is 0 Å². The SMILES string of the molecule is CCCCCCCCC(N)CCN. The first kappa shape index (κ1) is 12.9. The van der Waals surface area contributed by atoms with Crippen molar-refractivity contribution in [2.24, 2.45) is 11.5 Å². The Kier molecular flexibility index (Phi) is 9.94. The molecule has 0 bridgehead atoms. The summed E-state index contributed by atoms with van der Waals surface area (Å²) in [6, 6.07) is 0.344. The van der Waals surface area contributed by atoms with Gasteiger partial charge in [-0.3, -0.25) is 0 Å². The van der Waals surface area contributed by atoms with Gasteiger partial charge in [0.2, 0.25) is 0 Å². The van der Waals surface area contributed by atoms with Gasteiger partial charge in [-0.2, -0.15) is 0 Å². The van der Waals surface area contributed by atoms with Crippen LogP contribution in [0.15, 0.2) is 0 Å². The van der Waals surface area contributed by atoms with E-state index < -0.39 is 0 Å². The lowest BCUT2D eigenvalue weighted by Crippen LogP contribution is -2.23. The molecule has 0 radical (unpaired) electrons. The van der Waals surface area contributed by atoms with Gasteiger partial charge in [0.25, 0.3) is 0 Å². The topological polar surface area (TPSA) is 52.0 Å². The average molecular weight is 186 g/mol. The van der Waals surface area contributed by atoms with E-state index in [9.17, 15) is 0 Å². The largest absolute Gasteiger partial charge is 0.330 e. The summed E-state index contributed by atoms with van der Waals surface area (Å²) in [6.45, 7) is 2.98. The number of hydrogen-bond acceptors (Lipinski definition) is 2. The zero-order chi connectivity index (χ0) is 9.94. The normalized spacial score (nSPS) is 13.2. The van der Waals surface area contributed by atoms with Crippen LogP contribution in [-0.4, -0.2) is 12.6 Å². The van der Waals surface area contributed by atoms with E-state index in [2.05, 4.69) is 6.92 Å². The minimum atomic E-state index is 0.344. The molecule has 0 heterocycles. The molecule has 0 saturated heterocycles. The van der Waals surface area contributed by atoms with Gasteiger partial charge in [0.05, 0.1) is 0 Å². The highest BCUT2D eigenvalue weighted by Crippen LogP contribution is 2.08. The highest BCUT2D eigenvalue weighted by molar-refractivity contribution is 4.61. The molecular weight excluding hydrogens is 160 g/mol. The van der Waals surface area contributed by atoms with Gasteiger partial charge in [-0.1, -0.05) is 45.4 Å². The molecule has 0 aliphatic heterocycles. The van der Waals surface area contributed by atoms with Crippen molar-refractivity contribution in [3.8, 4) is 0 Å². The Morgan fingerprint density at radius 2 is 1.54 bits per heavy atom. The van der Waals surface area contributed by atoms with Gasteiger partial charge in [0.1, 0.15) is 0 Å². The predicted molar refractivity (Wildman–Crippen MR) is 59.6 cm³/mol. The molecule has 0 fully saturated rings. The summed E-state index contributed by atoms with van der Waals surface area (Å²) in [5, 5.41) is 0. The van der Waals surface area contributed by atoms with E-state index in [1.807, 2.05) is 0 Å². The van der Waals surface area contributed by atoms with Crippen LogP contribution < -0.4 is 11.5 Å². The zero-order valence-corrected chi connectivity index (χ0v) is 9.10. The van der Waals surface area contributed by atoms with Gasteiger partial charge in [0, 0.05) is 6.04 Å². The van der Waals surface area contributed by atoms with Crippen LogP contribution in [0.25, 0.3) is 0 Å². The van der Waals surface area contributed by atoms with Gasteiger partial charge < -0.3 is 11.5 Å². The van der Waals surface area contributed by atoms with Crippen molar-refractivity contribution in [3.05, 3.63) is 0 Å². The van der Waals surface area contributed by atoms with Gasteiger partial charge >= 0.3 is 0 Å². The van der Waals surface area contributed by atoms with Crippen molar-refractivity contribution < 1.29 is 0 Å². The van der Waals surface area contributed by atoms with E-state index in [4.69, 9.17) is 11.5 Å². The van der Waals surface area contributed by atoms with Crippen molar-refractivity contribution in [1.82, 2.24) is 0 Å². The van der Waals surface area contributed by atoms with Crippen molar-refractivity contribution >= 4 is 0 Å². The van der Waals surface area contributed by atoms with Crippen molar-refractivity contribution in [2.45, 2.75) is 64.3 Å². The van der Waals surface area contributed by atoms with Crippen LogP contribution in [0.1, 0.15) is 58.3 Å². The molecule has 0 aromatic carbocycles. The third kappa shape index (κ3) is 9.84. The maximum Gasteiger partial charge on any atom is 0.00508 e. The zero-order valence-electron chi connectivity index (χ0n) is 9.10. The molecule has 13 heavy (non-hydrogen) atoms. The molecule has 2 heteroatoms. The molecule has 4 N–H and O–H groups in total. The molecule has 0 saturated carbocycles. The van der Waals surface area contributed by atoms with Gasteiger partial charge in [0.15, 0.2) is 0 Å². The first-order valence-corrected chi connectivity index (χ1v) is 5.77. The molecule has 0 aliphatic carbocycles. The van der Waals surface area contributed by atoms with E-state index in [-0.39, 0.29) is 0 Å². The van der Waals surface area contributed by atoms with Crippen LogP contribution in [0, 0.1) is 0 Å². The third-order valence-corrected chi connectivity index (χ3v) is 2.47. The monoisotopic (exact) mass is 186 g/mol. The second-order valence-electron chi connectivity index (χ2n) is 3.89. The van der Waals surface area contributed by atoms with E-state index in [1.165, 1.54) is 38.5 Å². The minimum absolute atomic E-state index is 0.344. The first-order chi connectivity index (χ1) is 6.31. The molecule has 0 aromatic rings. The summed E-state index contributed by atoms with van der Waals surface area (Å²) in [7, 11) is 0. The molecule has 0 amide bonds. The van der Waals surface area contributed by atoms with E-state index in [0.717, 1.165) is 19.4 Å². The van der Waals surface area contributed by atoms with Crippen molar-refractivity contribution in [2.75, 3.05) is 6.54 Å². The summed E-state index contributed by atoms with van der Waals surface area (Å²) < 4.78 is 0. The summed E-state index contributed by atoms with van der Waals surface area (Å²) in [5.41, 5.74) is 11.3. The molecule has 2 nitrogen and oxygen atoms in total. The number of nitrogens with two attached hydrogens (primary N) is 2. The molecule has 0 aromatic heterocycles. The maximum atomic E-state index is 5.85. The molecule has 1 unspecified atom stereocenters. The van der Waals surface area contributed by atoms with Crippen LogP contribution in [0.3, 0.4) is 0 Å². The Morgan fingerprint density at radius 3 is 2.15 bits per heavy atom. The fourth-order valence-electron chi connectivity index (χ4n) is 1.55. The number of unbranched alkanes of at least 4 members (excludes halogenated alkanes) is 5. The molecule has 0 rings (SSSR count). The summed E-state index contributed by atoms with van der Waals surface area (Å²) in [5.74, 6) is 0. The van der Waals surface area contributed by atoms with E-state index >= 15 is 0 Å². The third-order valence-electron chi connectivity index (χ3n) is 2.47. The van der Waals surface area contributed by atoms with Crippen molar-refractivity contribution in [3.63, 3.8) is 0 Å².